The predicted octanol–water partition coefficient (Wildman–Crippen LogP) is 1.92. The van der Waals surface area contributed by atoms with E-state index in [2.05, 4.69) is 4.98 Å². The van der Waals surface area contributed by atoms with E-state index in [-0.39, 0.29) is 18.2 Å². The van der Waals surface area contributed by atoms with Crippen LogP contribution in [0.5, 0.6) is 0 Å². The highest BCUT2D eigenvalue weighted by molar-refractivity contribution is 6.19. The van der Waals surface area contributed by atoms with Gasteiger partial charge in [0.1, 0.15) is 0 Å². The topological polar surface area (TPSA) is 50.3 Å². The van der Waals surface area contributed by atoms with Gasteiger partial charge in [0.25, 0.3) is 5.91 Å². The number of fused-ring (bicyclic) bond motifs is 1. The van der Waals surface area contributed by atoms with E-state index in [0.717, 1.165) is 0 Å². The number of rotatable bonds is 1. The van der Waals surface area contributed by atoms with Gasteiger partial charge in [0.05, 0.1) is 17.8 Å². The second-order valence-corrected chi connectivity index (χ2v) is 4.07. The fourth-order valence-electron chi connectivity index (χ4n) is 2.09. The Morgan fingerprint density at radius 3 is 2.78 bits per heavy atom. The molecule has 0 radical (unpaired) electrons. The van der Waals surface area contributed by atoms with Crippen molar-refractivity contribution in [2.24, 2.45) is 0 Å². The molecule has 0 saturated carbocycles. The van der Waals surface area contributed by atoms with Crippen molar-refractivity contribution < 1.29 is 9.59 Å². The molecule has 0 spiro atoms. The highest BCUT2D eigenvalue weighted by Crippen LogP contribution is 2.28. The summed E-state index contributed by atoms with van der Waals surface area (Å²) in [5, 5.41) is 0. The maximum atomic E-state index is 12.3. The summed E-state index contributed by atoms with van der Waals surface area (Å²) in [5.41, 5.74) is 1.77. The Hall–Kier alpha value is -2.49. The van der Waals surface area contributed by atoms with Crippen LogP contribution in [0.1, 0.15) is 20.7 Å². The van der Waals surface area contributed by atoms with Gasteiger partial charge in [-0.3, -0.25) is 19.5 Å². The molecule has 1 aromatic carbocycles. The monoisotopic (exact) mass is 238 g/mol. The molecule has 88 valence electrons. The molecule has 4 nitrogen and oxygen atoms in total. The smallest absolute Gasteiger partial charge is 0.260 e. The average Bonchev–Trinajstić information content (AvgIpc) is 2.77. The summed E-state index contributed by atoms with van der Waals surface area (Å²) in [6.45, 7) is 0.104. The predicted molar refractivity (Wildman–Crippen MR) is 66.7 cm³/mol. The Labute approximate surface area is 104 Å². The molecular formula is C14H10N2O2. The van der Waals surface area contributed by atoms with E-state index < -0.39 is 0 Å². The first kappa shape index (κ1) is 10.7. The number of nitrogens with zero attached hydrogens (tertiary/aromatic N) is 2. The fourth-order valence-corrected chi connectivity index (χ4v) is 2.09. The number of pyridine rings is 1. The van der Waals surface area contributed by atoms with Crippen molar-refractivity contribution in [2.45, 2.75) is 0 Å². The summed E-state index contributed by atoms with van der Waals surface area (Å²) in [6, 6.07) is 10.6. The van der Waals surface area contributed by atoms with Gasteiger partial charge in [0, 0.05) is 18.0 Å². The molecule has 1 aliphatic heterocycles. The molecule has 2 aromatic rings. The molecule has 4 heteroatoms. The molecule has 0 bridgehead atoms. The number of aromatic nitrogens is 1. The highest BCUT2D eigenvalue weighted by atomic mass is 16.2. The van der Waals surface area contributed by atoms with E-state index in [0.29, 0.717) is 16.8 Å². The van der Waals surface area contributed by atoms with E-state index in [1.54, 1.807) is 36.5 Å². The summed E-state index contributed by atoms with van der Waals surface area (Å²) in [5.74, 6) is -0.218. The molecule has 0 unspecified atom stereocenters. The van der Waals surface area contributed by atoms with Gasteiger partial charge in [-0.25, -0.2) is 0 Å². The van der Waals surface area contributed by atoms with Crippen molar-refractivity contribution in [1.29, 1.82) is 0 Å². The fraction of sp³-hybridized carbons (Fsp3) is 0.0714. The van der Waals surface area contributed by atoms with Crippen LogP contribution in [0.4, 0.5) is 5.69 Å². The Morgan fingerprint density at radius 2 is 2.00 bits per heavy atom. The van der Waals surface area contributed by atoms with Gasteiger partial charge in [0.2, 0.25) is 0 Å². The second kappa shape index (κ2) is 4.07. The van der Waals surface area contributed by atoms with E-state index in [1.807, 2.05) is 6.07 Å². The van der Waals surface area contributed by atoms with Crippen molar-refractivity contribution in [3.63, 3.8) is 0 Å². The number of Topliss-reactive ketones (excluding diaryl/α,β-unsaturated/α-hetero) is 1. The van der Waals surface area contributed by atoms with Crippen LogP contribution in [-0.4, -0.2) is 23.2 Å². The van der Waals surface area contributed by atoms with Gasteiger partial charge in [-0.2, -0.15) is 0 Å². The number of carbonyl (C=O) groups excluding carboxylic acids is 2. The number of para-hydroxylation sites is 1. The molecular weight excluding hydrogens is 228 g/mol. The van der Waals surface area contributed by atoms with E-state index in [9.17, 15) is 9.59 Å². The summed E-state index contributed by atoms with van der Waals surface area (Å²) < 4.78 is 0. The van der Waals surface area contributed by atoms with Crippen molar-refractivity contribution in [3.8, 4) is 0 Å². The van der Waals surface area contributed by atoms with Crippen LogP contribution >= 0.6 is 0 Å². The number of anilines is 1. The first-order valence-corrected chi connectivity index (χ1v) is 5.61. The zero-order valence-corrected chi connectivity index (χ0v) is 9.54. The highest BCUT2D eigenvalue weighted by Gasteiger charge is 2.30. The molecule has 1 aliphatic rings. The molecule has 1 amide bonds. The summed E-state index contributed by atoms with van der Waals surface area (Å²) in [4.78, 5) is 29.5. The van der Waals surface area contributed by atoms with E-state index in [4.69, 9.17) is 0 Å². The van der Waals surface area contributed by atoms with Crippen molar-refractivity contribution >= 4 is 17.4 Å². The Balaban J connectivity index is 2.01. The average molecular weight is 238 g/mol. The van der Waals surface area contributed by atoms with E-state index in [1.165, 1.54) is 11.1 Å². The van der Waals surface area contributed by atoms with Crippen LogP contribution < -0.4 is 4.90 Å². The van der Waals surface area contributed by atoms with Crippen LogP contribution in [0.15, 0.2) is 48.8 Å². The largest absolute Gasteiger partial charge is 0.300 e. The minimum atomic E-state index is -0.193. The molecule has 0 aliphatic carbocycles. The number of ketones is 1. The Kier molecular flexibility index (Phi) is 2.41. The van der Waals surface area contributed by atoms with Crippen LogP contribution in [0.3, 0.4) is 0 Å². The molecule has 1 aromatic heterocycles. The first-order valence-electron chi connectivity index (χ1n) is 5.61. The molecule has 18 heavy (non-hydrogen) atoms. The molecule has 0 saturated heterocycles. The quantitative estimate of drug-likeness (QED) is 0.762. The third-order valence-corrected chi connectivity index (χ3v) is 2.95. The molecule has 0 fully saturated rings. The lowest BCUT2D eigenvalue weighted by molar-refractivity contribution is 0.0951. The number of benzene rings is 1. The standard InChI is InChI=1S/C14H10N2O2/c17-13-9-16(12-6-2-1-5-11(12)13)14(18)10-4-3-7-15-8-10/h1-8H,9H2. The SMILES string of the molecule is O=C1CN(C(=O)c2cccnc2)c2ccccc21. The van der Waals surface area contributed by atoms with Crippen molar-refractivity contribution in [1.82, 2.24) is 4.98 Å². The lowest BCUT2D eigenvalue weighted by atomic mass is 10.1. The van der Waals surface area contributed by atoms with Crippen LogP contribution in [0.25, 0.3) is 0 Å². The van der Waals surface area contributed by atoms with Gasteiger partial charge < -0.3 is 0 Å². The Bertz CT molecular complexity index is 623. The minimum Gasteiger partial charge on any atom is -0.300 e. The summed E-state index contributed by atoms with van der Waals surface area (Å²) in [7, 11) is 0. The number of carbonyl (C=O) groups is 2. The summed E-state index contributed by atoms with van der Waals surface area (Å²) >= 11 is 0. The number of amides is 1. The minimum absolute atomic E-state index is 0.0251. The maximum Gasteiger partial charge on any atom is 0.260 e. The van der Waals surface area contributed by atoms with Crippen molar-refractivity contribution in [2.75, 3.05) is 11.4 Å². The molecule has 0 atom stereocenters. The maximum absolute atomic E-state index is 12.3. The van der Waals surface area contributed by atoms with E-state index >= 15 is 0 Å². The van der Waals surface area contributed by atoms with Gasteiger partial charge in [-0.1, -0.05) is 12.1 Å². The van der Waals surface area contributed by atoms with Gasteiger partial charge >= 0.3 is 0 Å². The lowest BCUT2D eigenvalue weighted by Crippen LogP contribution is -2.30. The Morgan fingerprint density at radius 1 is 1.17 bits per heavy atom. The normalized spacial score (nSPS) is 13.6. The molecule has 2 heterocycles. The summed E-state index contributed by atoms with van der Waals surface area (Å²) in [6.07, 6.45) is 3.12. The zero-order chi connectivity index (χ0) is 12.5. The lowest BCUT2D eigenvalue weighted by Gasteiger charge is -2.15. The number of hydrogen-bond acceptors (Lipinski definition) is 3. The van der Waals surface area contributed by atoms with Gasteiger partial charge in [0.15, 0.2) is 5.78 Å². The number of hydrogen-bond donors (Lipinski definition) is 0. The van der Waals surface area contributed by atoms with Crippen LogP contribution in [0.2, 0.25) is 0 Å². The first-order chi connectivity index (χ1) is 8.77. The molecule has 3 rings (SSSR count). The molecule has 0 N–H and O–H groups in total. The second-order valence-electron chi connectivity index (χ2n) is 4.07. The zero-order valence-electron chi connectivity index (χ0n) is 9.54. The van der Waals surface area contributed by atoms with Crippen LogP contribution in [0, 0.1) is 0 Å². The van der Waals surface area contributed by atoms with Crippen LogP contribution in [-0.2, 0) is 0 Å². The third-order valence-electron chi connectivity index (χ3n) is 2.95. The van der Waals surface area contributed by atoms with Gasteiger partial charge in [-0.15, -0.1) is 0 Å². The third kappa shape index (κ3) is 1.59. The van der Waals surface area contributed by atoms with Gasteiger partial charge in [-0.05, 0) is 24.3 Å². The van der Waals surface area contributed by atoms with Crippen molar-refractivity contribution in [3.05, 3.63) is 59.9 Å².